The van der Waals surface area contributed by atoms with Crippen molar-refractivity contribution in [3.05, 3.63) is 23.8 Å². The van der Waals surface area contributed by atoms with Gasteiger partial charge >= 0.3 is 6.03 Å². The van der Waals surface area contributed by atoms with Gasteiger partial charge in [-0.15, -0.1) is 0 Å². The van der Waals surface area contributed by atoms with E-state index in [0.717, 1.165) is 24.1 Å². The predicted octanol–water partition coefficient (Wildman–Crippen LogP) is 0.829. The molecule has 0 unspecified atom stereocenters. The van der Waals surface area contributed by atoms with Crippen LogP contribution >= 0.6 is 0 Å². The van der Waals surface area contributed by atoms with Gasteiger partial charge in [0.15, 0.2) is 0 Å². The molecule has 0 radical (unpaired) electrons. The Labute approximate surface area is 118 Å². The Morgan fingerprint density at radius 1 is 1.35 bits per heavy atom. The minimum absolute atomic E-state index is 0.0932. The van der Waals surface area contributed by atoms with Crippen LogP contribution in [0.1, 0.15) is 18.4 Å². The van der Waals surface area contributed by atoms with Crippen LogP contribution in [0.25, 0.3) is 0 Å². The minimum atomic E-state index is -3.43. The Balaban J connectivity index is 1.89. The molecule has 0 bridgehead atoms. The molecule has 1 aliphatic heterocycles. The fourth-order valence-corrected chi connectivity index (χ4v) is 3.74. The lowest BCUT2D eigenvalue weighted by Crippen LogP contribution is -2.36. The van der Waals surface area contributed by atoms with Gasteiger partial charge in [0.05, 0.1) is 4.90 Å². The van der Waals surface area contributed by atoms with Gasteiger partial charge in [-0.3, -0.25) is 4.90 Å². The van der Waals surface area contributed by atoms with E-state index in [1.807, 2.05) is 0 Å². The van der Waals surface area contributed by atoms with Gasteiger partial charge in [-0.2, -0.15) is 0 Å². The summed E-state index contributed by atoms with van der Waals surface area (Å²) in [5.41, 5.74) is 1.68. The molecule has 2 aliphatic rings. The van der Waals surface area contributed by atoms with E-state index in [2.05, 4.69) is 10.0 Å². The Morgan fingerprint density at radius 2 is 2.10 bits per heavy atom. The number of anilines is 1. The number of rotatable bonds is 3. The SMILES string of the molecule is CNC(=O)N1CCc2cc(S(=O)(=O)NC3CC3)ccc21. The van der Waals surface area contributed by atoms with E-state index in [1.165, 1.54) is 0 Å². The smallest absolute Gasteiger partial charge is 0.321 e. The van der Waals surface area contributed by atoms with Gasteiger partial charge in [0, 0.05) is 25.3 Å². The number of benzene rings is 1. The number of amides is 2. The molecule has 7 heteroatoms. The number of hydrogen-bond donors (Lipinski definition) is 2. The summed E-state index contributed by atoms with van der Waals surface area (Å²) in [7, 11) is -1.85. The zero-order chi connectivity index (χ0) is 14.3. The van der Waals surface area contributed by atoms with E-state index in [-0.39, 0.29) is 17.0 Å². The third-order valence-electron chi connectivity index (χ3n) is 3.61. The summed E-state index contributed by atoms with van der Waals surface area (Å²) in [6.45, 7) is 0.578. The van der Waals surface area contributed by atoms with Crippen molar-refractivity contribution in [3.63, 3.8) is 0 Å². The standard InChI is InChI=1S/C13H17N3O3S/c1-14-13(17)16-7-6-9-8-11(4-5-12(9)16)20(18,19)15-10-2-3-10/h4-5,8,10,15H,2-3,6-7H2,1H3,(H,14,17). The molecule has 0 aromatic heterocycles. The summed E-state index contributed by atoms with van der Waals surface area (Å²) < 4.78 is 27.0. The molecule has 1 saturated carbocycles. The molecule has 20 heavy (non-hydrogen) atoms. The second-order valence-corrected chi connectivity index (χ2v) is 6.86. The zero-order valence-corrected chi connectivity index (χ0v) is 12.0. The van der Waals surface area contributed by atoms with E-state index < -0.39 is 10.0 Å². The molecule has 1 aromatic rings. The highest BCUT2D eigenvalue weighted by Gasteiger charge is 2.30. The van der Waals surface area contributed by atoms with Crippen molar-refractivity contribution < 1.29 is 13.2 Å². The van der Waals surface area contributed by atoms with Gasteiger partial charge in [-0.25, -0.2) is 17.9 Å². The maximum Gasteiger partial charge on any atom is 0.321 e. The molecule has 1 fully saturated rings. The molecule has 1 aromatic carbocycles. The molecule has 108 valence electrons. The number of sulfonamides is 1. The van der Waals surface area contributed by atoms with Gasteiger partial charge < -0.3 is 5.32 Å². The van der Waals surface area contributed by atoms with Crippen LogP contribution in [0.4, 0.5) is 10.5 Å². The highest BCUT2D eigenvalue weighted by atomic mass is 32.2. The largest absolute Gasteiger partial charge is 0.341 e. The maximum atomic E-state index is 12.2. The van der Waals surface area contributed by atoms with Crippen molar-refractivity contribution in [3.8, 4) is 0 Å². The molecular weight excluding hydrogens is 278 g/mol. The highest BCUT2D eigenvalue weighted by molar-refractivity contribution is 7.89. The third-order valence-corrected chi connectivity index (χ3v) is 5.13. The number of urea groups is 1. The number of fused-ring (bicyclic) bond motifs is 1. The second-order valence-electron chi connectivity index (χ2n) is 5.14. The fraction of sp³-hybridized carbons (Fsp3) is 0.462. The average molecular weight is 295 g/mol. The molecule has 6 nitrogen and oxygen atoms in total. The van der Waals surface area contributed by atoms with Crippen molar-refractivity contribution >= 4 is 21.7 Å². The fourth-order valence-electron chi connectivity index (χ4n) is 2.38. The number of hydrogen-bond acceptors (Lipinski definition) is 3. The van der Waals surface area contributed by atoms with Crippen LogP contribution < -0.4 is 14.9 Å². The van der Waals surface area contributed by atoms with E-state index in [1.54, 1.807) is 30.1 Å². The first-order chi connectivity index (χ1) is 9.51. The Bertz CT molecular complexity index is 653. The molecule has 1 aliphatic carbocycles. The number of carbonyl (C=O) groups excluding carboxylic acids is 1. The lowest BCUT2D eigenvalue weighted by Gasteiger charge is -2.16. The van der Waals surface area contributed by atoms with Crippen molar-refractivity contribution in [1.82, 2.24) is 10.0 Å². The Morgan fingerprint density at radius 3 is 2.75 bits per heavy atom. The lowest BCUT2D eigenvalue weighted by molar-refractivity contribution is 0.248. The van der Waals surface area contributed by atoms with Crippen LogP contribution in [0, 0.1) is 0 Å². The molecular formula is C13H17N3O3S. The van der Waals surface area contributed by atoms with Crippen LogP contribution in [0.3, 0.4) is 0 Å². The van der Waals surface area contributed by atoms with Gasteiger partial charge in [0.1, 0.15) is 0 Å². The Hall–Kier alpha value is -1.60. The van der Waals surface area contributed by atoms with Gasteiger partial charge in [-0.1, -0.05) is 0 Å². The molecule has 0 atom stereocenters. The molecule has 3 rings (SSSR count). The van der Waals surface area contributed by atoms with E-state index >= 15 is 0 Å². The number of nitrogens with one attached hydrogen (secondary N) is 2. The average Bonchev–Trinajstić information content (AvgIpc) is 3.12. The van der Waals surface area contributed by atoms with Crippen LogP contribution in [-0.4, -0.2) is 34.1 Å². The van der Waals surface area contributed by atoms with Crippen molar-refractivity contribution in [2.75, 3.05) is 18.5 Å². The summed E-state index contributed by atoms with van der Waals surface area (Å²) in [5, 5.41) is 2.58. The normalized spacial score (nSPS) is 17.9. The summed E-state index contributed by atoms with van der Waals surface area (Å²) >= 11 is 0. The van der Waals surface area contributed by atoms with Crippen LogP contribution in [0.2, 0.25) is 0 Å². The lowest BCUT2D eigenvalue weighted by atomic mass is 10.2. The summed E-state index contributed by atoms with van der Waals surface area (Å²) in [6, 6.07) is 4.86. The van der Waals surface area contributed by atoms with Crippen LogP contribution in [0.5, 0.6) is 0 Å². The first-order valence-electron chi connectivity index (χ1n) is 6.66. The zero-order valence-electron chi connectivity index (χ0n) is 11.2. The first-order valence-corrected chi connectivity index (χ1v) is 8.14. The molecule has 1 heterocycles. The molecule has 2 N–H and O–H groups in total. The Kier molecular flexibility index (Phi) is 3.18. The second kappa shape index (κ2) is 4.75. The highest BCUT2D eigenvalue weighted by Crippen LogP contribution is 2.31. The number of carbonyl (C=O) groups is 1. The van der Waals surface area contributed by atoms with Crippen LogP contribution in [-0.2, 0) is 16.4 Å². The van der Waals surface area contributed by atoms with Crippen molar-refractivity contribution in [2.45, 2.75) is 30.2 Å². The van der Waals surface area contributed by atoms with E-state index in [4.69, 9.17) is 0 Å². The van der Waals surface area contributed by atoms with E-state index in [9.17, 15) is 13.2 Å². The topological polar surface area (TPSA) is 78.5 Å². The molecule has 0 spiro atoms. The molecule has 0 saturated heterocycles. The van der Waals surface area contributed by atoms with Crippen molar-refractivity contribution in [1.29, 1.82) is 0 Å². The third kappa shape index (κ3) is 2.38. The number of nitrogens with zero attached hydrogens (tertiary/aromatic N) is 1. The van der Waals surface area contributed by atoms with Gasteiger partial charge in [0.25, 0.3) is 0 Å². The summed E-state index contributed by atoms with van der Waals surface area (Å²) in [5.74, 6) is 0. The summed E-state index contributed by atoms with van der Waals surface area (Å²) in [6.07, 6.45) is 2.50. The quantitative estimate of drug-likeness (QED) is 0.867. The summed E-state index contributed by atoms with van der Waals surface area (Å²) in [4.78, 5) is 13.6. The molecule has 2 amide bonds. The predicted molar refractivity (Wildman–Crippen MR) is 75.3 cm³/mol. The maximum absolute atomic E-state index is 12.2. The van der Waals surface area contributed by atoms with E-state index in [0.29, 0.717) is 13.0 Å². The minimum Gasteiger partial charge on any atom is -0.341 e. The van der Waals surface area contributed by atoms with Gasteiger partial charge in [-0.05, 0) is 43.0 Å². The van der Waals surface area contributed by atoms with Crippen molar-refractivity contribution in [2.24, 2.45) is 0 Å². The first kappa shape index (κ1) is 13.4. The van der Waals surface area contributed by atoms with Gasteiger partial charge in [0.2, 0.25) is 10.0 Å². The monoisotopic (exact) mass is 295 g/mol. The van der Waals surface area contributed by atoms with Crippen LogP contribution in [0.15, 0.2) is 23.1 Å².